The number of hydrogen-bond acceptors (Lipinski definition) is 4. The van der Waals surface area contributed by atoms with Crippen molar-refractivity contribution in [3.05, 3.63) is 0 Å². The quantitative estimate of drug-likeness (QED) is 0.581. The molecule has 3 N–H and O–H groups in total. The topological polar surface area (TPSA) is 96.9 Å². The zero-order valence-corrected chi connectivity index (χ0v) is 13.1. The number of hydrogen-bond donors (Lipinski definition) is 3. The minimum atomic E-state index is -1.04. The van der Waals surface area contributed by atoms with Crippen LogP contribution in [0.5, 0.6) is 0 Å². The van der Waals surface area contributed by atoms with E-state index < -0.39 is 18.0 Å². The van der Waals surface area contributed by atoms with E-state index in [1.165, 1.54) is 0 Å². The Hall–Kier alpha value is -1.34. The molecular formula is C14H26N2O5. The summed E-state index contributed by atoms with van der Waals surface area (Å²) in [6, 6.07) is -1.37. The van der Waals surface area contributed by atoms with E-state index in [1.807, 2.05) is 13.8 Å². The third-order valence-electron chi connectivity index (χ3n) is 4.21. The van der Waals surface area contributed by atoms with Gasteiger partial charge in [-0.3, -0.25) is 0 Å². The van der Waals surface area contributed by atoms with Crippen LogP contribution in [0.1, 0.15) is 33.1 Å². The van der Waals surface area contributed by atoms with Crippen molar-refractivity contribution in [3.63, 3.8) is 0 Å². The van der Waals surface area contributed by atoms with Crippen molar-refractivity contribution in [3.8, 4) is 0 Å². The number of aliphatic carboxylic acids is 1. The van der Waals surface area contributed by atoms with Gasteiger partial charge in [0.05, 0.1) is 6.10 Å². The Morgan fingerprint density at radius 3 is 2.52 bits per heavy atom. The molecule has 21 heavy (non-hydrogen) atoms. The number of nitrogens with one attached hydrogen (secondary N) is 2. The molecule has 122 valence electrons. The molecule has 3 atom stereocenters. The van der Waals surface area contributed by atoms with Crippen LogP contribution in [-0.2, 0) is 14.3 Å². The highest BCUT2D eigenvalue weighted by molar-refractivity contribution is 5.82. The largest absolute Gasteiger partial charge is 0.480 e. The van der Waals surface area contributed by atoms with Crippen LogP contribution in [0.4, 0.5) is 4.79 Å². The Morgan fingerprint density at radius 1 is 1.38 bits per heavy atom. The van der Waals surface area contributed by atoms with Gasteiger partial charge in [-0.15, -0.1) is 0 Å². The summed E-state index contributed by atoms with van der Waals surface area (Å²) in [5, 5.41) is 14.4. The summed E-state index contributed by atoms with van der Waals surface area (Å²) in [6.45, 7) is 4.50. The van der Waals surface area contributed by atoms with Crippen LogP contribution < -0.4 is 10.6 Å². The van der Waals surface area contributed by atoms with Gasteiger partial charge in [0, 0.05) is 32.3 Å². The molecule has 0 aliphatic heterocycles. The molecule has 0 radical (unpaired) electrons. The van der Waals surface area contributed by atoms with E-state index in [4.69, 9.17) is 14.6 Å². The first-order chi connectivity index (χ1) is 9.82. The predicted octanol–water partition coefficient (Wildman–Crippen LogP) is 0.979. The average molecular weight is 302 g/mol. The molecule has 1 aliphatic rings. The molecule has 0 aromatic carbocycles. The van der Waals surface area contributed by atoms with E-state index in [2.05, 4.69) is 10.6 Å². The molecule has 1 aliphatic carbocycles. The summed E-state index contributed by atoms with van der Waals surface area (Å²) in [5.74, 6) is -1.04. The maximum absolute atomic E-state index is 11.9. The Kier molecular flexibility index (Phi) is 6.42. The van der Waals surface area contributed by atoms with Gasteiger partial charge in [-0.2, -0.15) is 0 Å². The maximum Gasteiger partial charge on any atom is 0.326 e. The lowest BCUT2D eigenvalue weighted by molar-refractivity contribution is -0.139. The van der Waals surface area contributed by atoms with Gasteiger partial charge in [0.25, 0.3) is 0 Å². The number of carboxylic acid groups (broad SMARTS) is 1. The van der Waals surface area contributed by atoms with E-state index in [0.717, 1.165) is 6.42 Å². The summed E-state index contributed by atoms with van der Waals surface area (Å²) in [4.78, 5) is 23.0. The molecule has 1 saturated carbocycles. The lowest BCUT2D eigenvalue weighted by atomic mass is 9.64. The molecule has 1 fully saturated rings. The van der Waals surface area contributed by atoms with Gasteiger partial charge in [0.15, 0.2) is 0 Å². The highest BCUT2D eigenvalue weighted by Crippen LogP contribution is 2.42. The van der Waals surface area contributed by atoms with Crippen molar-refractivity contribution in [1.29, 1.82) is 0 Å². The number of amides is 2. The Bertz CT molecular complexity index is 372. The van der Waals surface area contributed by atoms with Gasteiger partial charge in [-0.1, -0.05) is 13.8 Å². The first-order valence-electron chi connectivity index (χ1n) is 7.14. The molecule has 3 unspecified atom stereocenters. The fourth-order valence-electron chi connectivity index (χ4n) is 2.58. The number of carboxylic acids is 1. The van der Waals surface area contributed by atoms with E-state index in [0.29, 0.717) is 19.4 Å². The molecule has 7 nitrogen and oxygen atoms in total. The third-order valence-corrected chi connectivity index (χ3v) is 4.21. The molecule has 0 aromatic heterocycles. The van der Waals surface area contributed by atoms with Crippen molar-refractivity contribution in [2.24, 2.45) is 5.41 Å². The Labute approximate surface area is 125 Å². The summed E-state index contributed by atoms with van der Waals surface area (Å²) in [7, 11) is 3.21. The van der Waals surface area contributed by atoms with Crippen molar-refractivity contribution in [2.45, 2.75) is 51.3 Å². The summed E-state index contributed by atoms with van der Waals surface area (Å²) >= 11 is 0. The number of ether oxygens (including phenoxy) is 2. The van der Waals surface area contributed by atoms with Gasteiger partial charge in [-0.05, 0) is 19.3 Å². The maximum atomic E-state index is 11.9. The van der Waals surface area contributed by atoms with Crippen LogP contribution in [0.3, 0.4) is 0 Å². The molecule has 0 heterocycles. The number of methoxy groups -OCH3 is 2. The van der Waals surface area contributed by atoms with Gasteiger partial charge < -0.3 is 25.2 Å². The van der Waals surface area contributed by atoms with Crippen LogP contribution in [0, 0.1) is 5.41 Å². The van der Waals surface area contributed by atoms with Crippen LogP contribution in [-0.4, -0.2) is 56.1 Å². The summed E-state index contributed by atoms with van der Waals surface area (Å²) < 4.78 is 10.2. The number of carbonyl (C=O) groups excluding carboxylic acids is 1. The fourth-order valence-corrected chi connectivity index (χ4v) is 2.58. The smallest absolute Gasteiger partial charge is 0.326 e. The number of carbonyl (C=O) groups is 2. The zero-order chi connectivity index (χ0) is 16.0. The average Bonchev–Trinajstić information content (AvgIpc) is 2.41. The van der Waals surface area contributed by atoms with E-state index in [-0.39, 0.29) is 17.6 Å². The second-order valence-corrected chi connectivity index (χ2v) is 5.98. The highest BCUT2D eigenvalue weighted by Gasteiger charge is 2.49. The predicted molar refractivity (Wildman–Crippen MR) is 77.2 cm³/mol. The van der Waals surface area contributed by atoms with Crippen LogP contribution in [0.15, 0.2) is 0 Å². The SMILES string of the molecule is COCCCC(NC(=O)NC1CC(OC)C1(C)C)C(=O)O. The molecule has 2 amide bonds. The number of rotatable bonds is 8. The van der Waals surface area contributed by atoms with Gasteiger partial charge in [-0.25, -0.2) is 9.59 Å². The molecule has 0 spiro atoms. The molecule has 0 saturated heterocycles. The third kappa shape index (κ3) is 4.57. The van der Waals surface area contributed by atoms with Gasteiger partial charge in [0.2, 0.25) is 0 Å². The van der Waals surface area contributed by atoms with Crippen molar-refractivity contribution >= 4 is 12.0 Å². The Morgan fingerprint density at radius 2 is 2.05 bits per heavy atom. The van der Waals surface area contributed by atoms with Crippen molar-refractivity contribution in [1.82, 2.24) is 10.6 Å². The summed E-state index contributed by atoms with van der Waals surface area (Å²) in [5.41, 5.74) is -0.152. The van der Waals surface area contributed by atoms with Crippen LogP contribution in [0.25, 0.3) is 0 Å². The van der Waals surface area contributed by atoms with Gasteiger partial charge in [0.1, 0.15) is 6.04 Å². The van der Waals surface area contributed by atoms with Gasteiger partial charge >= 0.3 is 12.0 Å². The minimum absolute atomic E-state index is 0.0177. The van der Waals surface area contributed by atoms with E-state index >= 15 is 0 Å². The number of urea groups is 1. The van der Waals surface area contributed by atoms with Crippen LogP contribution >= 0.6 is 0 Å². The highest BCUT2D eigenvalue weighted by atomic mass is 16.5. The first-order valence-corrected chi connectivity index (χ1v) is 7.14. The molecule has 0 aromatic rings. The monoisotopic (exact) mass is 302 g/mol. The first kappa shape index (κ1) is 17.7. The molecule has 0 bridgehead atoms. The normalized spacial score (nSPS) is 24.8. The van der Waals surface area contributed by atoms with E-state index in [9.17, 15) is 9.59 Å². The second-order valence-electron chi connectivity index (χ2n) is 5.98. The van der Waals surface area contributed by atoms with Crippen molar-refractivity contribution < 1.29 is 24.2 Å². The van der Waals surface area contributed by atoms with Crippen LogP contribution in [0.2, 0.25) is 0 Å². The van der Waals surface area contributed by atoms with Crippen molar-refractivity contribution in [2.75, 3.05) is 20.8 Å². The molecular weight excluding hydrogens is 276 g/mol. The summed E-state index contributed by atoms with van der Waals surface area (Å²) in [6.07, 6.45) is 1.76. The molecule has 1 rings (SSSR count). The van der Waals surface area contributed by atoms with E-state index in [1.54, 1.807) is 14.2 Å². The minimum Gasteiger partial charge on any atom is -0.480 e. The standard InChI is InChI=1S/C14H26N2O5/c1-14(2)10(8-11(14)21-4)16-13(19)15-9(12(17)18)6-5-7-20-3/h9-11H,5-8H2,1-4H3,(H,17,18)(H2,15,16,19). The lowest BCUT2D eigenvalue weighted by Crippen LogP contribution is -2.63. The Balaban J connectivity index is 2.42. The molecule has 7 heteroatoms. The fraction of sp³-hybridized carbons (Fsp3) is 0.857. The zero-order valence-electron chi connectivity index (χ0n) is 13.1. The lowest BCUT2D eigenvalue weighted by Gasteiger charge is -2.51. The second kappa shape index (κ2) is 7.61.